The summed E-state index contributed by atoms with van der Waals surface area (Å²) in [6.07, 6.45) is 6.00. The molecule has 0 unspecified atom stereocenters. The van der Waals surface area contributed by atoms with Crippen LogP contribution in [0.4, 0.5) is 5.69 Å². The van der Waals surface area contributed by atoms with E-state index >= 15 is 0 Å². The third kappa shape index (κ3) is 3.93. The summed E-state index contributed by atoms with van der Waals surface area (Å²) in [5.74, 6) is 2.06. The first-order valence-corrected chi connectivity index (χ1v) is 10.2. The third-order valence-corrected chi connectivity index (χ3v) is 5.83. The zero-order valence-corrected chi connectivity index (χ0v) is 16.4. The number of hydrogen-bond donors (Lipinski definition) is 1. The third-order valence-electron chi connectivity index (χ3n) is 5.83. The zero-order valence-electron chi connectivity index (χ0n) is 16.4. The summed E-state index contributed by atoms with van der Waals surface area (Å²) >= 11 is 0. The first kappa shape index (κ1) is 18.7. The van der Waals surface area contributed by atoms with Crippen LogP contribution in [0.15, 0.2) is 24.3 Å². The fourth-order valence-corrected chi connectivity index (χ4v) is 4.10. The lowest BCUT2D eigenvalue weighted by Gasteiger charge is -2.30. The minimum atomic E-state index is -0.0393. The molecule has 0 radical (unpaired) electrons. The van der Waals surface area contributed by atoms with Gasteiger partial charge in [-0.3, -0.25) is 9.59 Å². The highest BCUT2D eigenvalue weighted by Crippen LogP contribution is 2.25. The van der Waals surface area contributed by atoms with E-state index in [1.165, 1.54) is 12.8 Å². The molecule has 2 aliphatic heterocycles. The minimum Gasteiger partial charge on any atom is -0.343 e. The summed E-state index contributed by atoms with van der Waals surface area (Å²) in [7, 11) is 0. The molecule has 3 heterocycles. The Morgan fingerprint density at radius 2 is 1.75 bits per heavy atom. The van der Waals surface area contributed by atoms with E-state index in [0.29, 0.717) is 13.1 Å². The average molecular weight is 381 g/mol. The van der Waals surface area contributed by atoms with Crippen molar-refractivity contribution in [2.24, 2.45) is 5.92 Å². The maximum Gasteiger partial charge on any atom is 0.227 e. The lowest BCUT2D eigenvalue weighted by Crippen LogP contribution is -2.40. The summed E-state index contributed by atoms with van der Waals surface area (Å²) < 4.78 is 2.23. The van der Waals surface area contributed by atoms with Gasteiger partial charge in [0.2, 0.25) is 11.8 Å². The second kappa shape index (κ2) is 8.12. The fourth-order valence-electron chi connectivity index (χ4n) is 4.10. The molecule has 2 aromatic rings. The lowest BCUT2D eigenvalue weighted by atomic mass is 9.96. The highest BCUT2D eigenvalue weighted by molar-refractivity contribution is 5.93. The molecule has 4 rings (SSSR count). The van der Waals surface area contributed by atoms with Crippen molar-refractivity contribution >= 4 is 17.5 Å². The quantitative estimate of drug-likeness (QED) is 0.887. The summed E-state index contributed by atoms with van der Waals surface area (Å²) in [6.45, 7) is 3.86. The van der Waals surface area contributed by atoms with Crippen LogP contribution in [0.1, 0.15) is 44.9 Å². The Hall–Kier alpha value is -2.70. The Morgan fingerprint density at radius 1 is 1.00 bits per heavy atom. The molecule has 1 aromatic carbocycles. The maximum atomic E-state index is 12.5. The SMILES string of the molecule is CC(=O)N1CCC(C(=O)Nc2ccc(-c3nnc4n3CCCCC4)cc2)CC1. The van der Waals surface area contributed by atoms with Gasteiger partial charge < -0.3 is 14.8 Å². The molecule has 1 aromatic heterocycles. The Kier molecular flexibility index (Phi) is 5.41. The number of likely N-dealkylation sites (tertiary alicyclic amines) is 1. The largest absolute Gasteiger partial charge is 0.343 e. The molecule has 1 N–H and O–H groups in total. The van der Waals surface area contributed by atoms with E-state index in [0.717, 1.165) is 55.1 Å². The van der Waals surface area contributed by atoms with Gasteiger partial charge >= 0.3 is 0 Å². The van der Waals surface area contributed by atoms with Crippen molar-refractivity contribution in [3.63, 3.8) is 0 Å². The van der Waals surface area contributed by atoms with Crippen LogP contribution in [0, 0.1) is 5.92 Å². The summed E-state index contributed by atoms with van der Waals surface area (Å²) in [4.78, 5) is 25.8. The number of carbonyl (C=O) groups is 2. The summed E-state index contributed by atoms with van der Waals surface area (Å²) in [5, 5.41) is 11.8. The first-order chi connectivity index (χ1) is 13.6. The van der Waals surface area contributed by atoms with Crippen molar-refractivity contribution in [1.29, 1.82) is 0 Å². The van der Waals surface area contributed by atoms with Gasteiger partial charge in [-0.2, -0.15) is 0 Å². The molecule has 7 heteroatoms. The van der Waals surface area contributed by atoms with Gasteiger partial charge in [0.1, 0.15) is 5.82 Å². The van der Waals surface area contributed by atoms with E-state index in [4.69, 9.17) is 0 Å². The normalized spacial score (nSPS) is 17.7. The number of amides is 2. The molecule has 1 fully saturated rings. The summed E-state index contributed by atoms with van der Waals surface area (Å²) in [5.41, 5.74) is 1.81. The summed E-state index contributed by atoms with van der Waals surface area (Å²) in [6, 6.07) is 7.85. The van der Waals surface area contributed by atoms with Crippen LogP contribution in [0.25, 0.3) is 11.4 Å². The van der Waals surface area contributed by atoms with Crippen molar-refractivity contribution in [2.75, 3.05) is 18.4 Å². The number of nitrogens with zero attached hydrogens (tertiary/aromatic N) is 4. The van der Waals surface area contributed by atoms with E-state index < -0.39 is 0 Å². The predicted octanol–water partition coefficient (Wildman–Crippen LogP) is 2.87. The molecular formula is C21H27N5O2. The first-order valence-electron chi connectivity index (χ1n) is 10.2. The number of carbonyl (C=O) groups excluding carboxylic acids is 2. The average Bonchev–Trinajstić information content (AvgIpc) is 2.96. The minimum absolute atomic E-state index is 0.0345. The Labute approximate surface area is 165 Å². The number of anilines is 1. The molecule has 0 spiro atoms. The van der Waals surface area contributed by atoms with Crippen molar-refractivity contribution in [3.8, 4) is 11.4 Å². The van der Waals surface area contributed by atoms with Crippen molar-refractivity contribution in [2.45, 2.75) is 52.0 Å². The van der Waals surface area contributed by atoms with Crippen LogP contribution in [0.3, 0.4) is 0 Å². The van der Waals surface area contributed by atoms with Gasteiger partial charge in [-0.25, -0.2) is 0 Å². The maximum absolute atomic E-state index is 12.5. The van der Waals surface area contributed by atoms with Gasteiger partial charge in [0, 0.05) is 50.1 Å². The number of aryl methyl sites for hydroxylation is 1. The molecular weight excluding hydrogens is 354 g/mol. The van der Waals surface area contributed by atoms with Crippen LogP contribution < -0.4 is 5.32 Å². The number of rotatable bonds is 3. The lowest BCUT2D eigenvalue weighted by molar-refractivity contribution is -0.132. The van der Waals surface area contributed by atoms with Crippen LogP contribution >= 0.6 is 0 Å². The Balaban J connectivity index is 1.40. The van der Waals surface area contributed by atoms with Gasteiger partial charge in [-0.05, 0) is 49.9 Å². The number of hydrogen-bond acceptors (Lipinski definition) is 4. The molecule has 1 saturated heterocycles. The molecule has 0 atom stereocenters. The van der Waals surface area contributed by atoms with Crippen molar-refractivity contribution in [1.82, 2.24) is 19.7 Å². The molecule has 0 bridgehead atoms. The highest BCUT2D eigenvalue weighted by Gasteiger charge is 2.26. The number of benzene rings is 1. The second-order valence-electron chi connectivity index (χ2n) is 7.75. The van der Waals surface area contributed by atoms with Gasteiger partial charge in [-0.15, -0.1) is 10.2 Å². The van der Waals surface area contributed by atoms with E-state index in [2.05, 4.69) is 20.1 Å². The van der Waals surface area contributed by atoms with Crippen molar-refractivity contribution < 1.29 is 9.59 Å². The van der Waals surface area contributed by atoms with Crippen LogP contribution in [-0.4, -0.2) is 44.6 Å². The molecule has 28 heavy (non-hydrogen) atoms. The van der Waals surface area contributed by atoms with E-state index in [9.17, 15) is 9.59 Å². The molecule has 7 nitrogen and oxygen atoms in total. The fraction of sp³-hybridized carbons (Fsp3) is 0.524. The Bertz CT molecular complexity index is 850. The van der Waals surface area contributed by atoms with Gasteiger partial charge in [-0.1, -0.05) is 6.42 Å². The van der Waals surface area contributed by atoms with Crippen molar-refractivity contribution in [3.05, 3.63) is 30.1 Å². The molecule has 0 saturated carbocycles. The van der Waals surface area contributed by atoms with Crippen LogP contribution in [0.5, 0.6) is 0 Å². The predicted molar refractivity (Wildman–Crippen MR) is 107 cm³/mol. The number of fused-ring (bicyclic) bond motifs is 1. The van der Waals surface area contributed by atoms with Gasteiger partial charge in [0.25, 0.3) is 0 Å². The monoisotopic (exact) mass is 381 g/mol. The van der Waals surface area contributed by atoms with Crippen LogP contribution in [-0.2, 0) is 22.6 Å². The highest BCUT2D eigenvalue weighted by atomic mass is 16.2. The van der Waals surface area contributed by atoms with E-state index in [-0.39, 0.29) is 17.7 Å². The molecule has 2 amide bonds. The molecule has 148 valence electrons. The van der Waals surface area contributed by atoms with E-state index in [1.807, 2.05) is 24.3 Å². The number of piperidine rings is 1. The topological polar surface area (TPSA) is 80.1 Å². The standard InChI is InChI=1S/C21H27N5O2/c1-15(27)25-13-10-17(11-14-25)21(28)22-18-8-6-16(7-9-18)20-24-23-19-5-3-2-4-12-26(19)20/h6-9,17H,2-5,10-14H2,1H3,(H,22,28). The zero-order chi connectivity index (χ0) is 19.5. The molecule has 0 aliphatic carbocycles. The van der Waals surface area contributed by atoms with Crippen LogP contribution in [0.2, 0.25) is 0 Å². The smallest absolute Gasteiger partial charge is 0.227 e. The van der Waals surface area contributed by atoms with Gasteiger partial charge in [0.05, 0.1) is 0 Å². The Morgan fingerprint density at radius 3 is 2.46 bits per heavy atom. The second-order valence-corrected chi connectivity index (χ2v) is 7.75. The molecule has 2 aliphatic rings. The van der Waals surface area contributed by atoms with Gasteiger partial charge in [0.15, 0.2) is 5.82 Å². The number of nitrogens with one attached hydrogen (secondary N) is 1. The van der Waals surface area contributed by atoms with E-state index in [1.54, 1.807) is 11.8 Å². The number of aromatic nitrogens is 3.